The van der Waals surface area contributed by atoms with Crippen LogP contribution in [0.5, 0.6) is 5.75 Å². The smallest absolute Gasteiger partial charge is 0.123 e. The maximum absolute atomic E-state index is 9.26. The molecule has 0 atom stereocenters. The molecule has 1 fully saturated rings. The summed E-state index contributed by atoms with van der Waals surface area (Å²) < 4.78 is 5.34. The first-order valence-electron chi connectivity index (χ1n) is 6.17. The zero-order valence-electron chi connectivity index (χ0n) is 10.6. The van der Waals surface area contributed by atoms with Crippen LogP contribution in [0, 0.1) is 5.92 Å². The van der Waals surface area contributed by atoms with Crippen LogP contribution in [0.2, 0.25) is 0 Å². The van der Waals surface area contributed by atoms with Crippen molar-refractivity contribution in [1.29, 1.82) is 0 Å². The SMILES string of the molecule is COc1ccccc1CN(C)CC1CC(O)C1. The molecule has 3 nitrogen and oxygen atoms in total. The summed E-state index contributed by atoms with van der Waals surface area (Å²) in [5, 5.41) is 9.26. The third-order valence-electron chi connectivity index (χ3n) is 3.41. The fourth-order valence-electron chi connectivity index (χ4n) is 2.48. The highest BCUT2D eigenvalue weighted by Crippen LogP contribution is 2.28. The molecule has 1 aromatic carbocycles. The topological polar surface area (TPSA) is 32.7 Å². The minimum Gasteiger partial charge on any atom is -0.496 e. The van der Waals surface area contributed by atoms with Gasteiger partial charge < -0.3 is 14.7 Å². The lowest BCUT2D eigenvalue weighted by Gasteiger charge is -2.34. The van der Waals surface area contributed by atoms with Crippen LogP contribution >= 0.6 is 0 Å². The number of ether oxygens (including phenoxy) is 1. The summed E-state index contributed by atoms with van der Waals surface area (Å²) in [4.78, 5) is 2.30. The Hall–Kier alpha value is -1.06. The zero-order chi connectivity index (χ0) is 12.3. The van der Waals surface area contributed by atoms with Crippen LogP contribution in [0.15, 0.2) is 24.3 Å². The molecule has 0 unspecified atom stereocenters. The first kappa shape index (κ1) is 12.4. The van der Waals surface area contributed by atoms with Gasteiger partial charge in [-0.2, -0.15) is 0 Å². The van der Waals surface area contributed by atoms with Gasteiger partial charge >= 0.3 is 0 Å². The predicted molar refractivity (Wildman–Crippen MR) is 68.1 cm³/mol. The maximum Gasteiger partial charge on any atom is 0.123 e. The van der Waals surface area contributed by atoms with Crippen LogP contribution in [0.3, 0.4) is 0 Å². The largest absolute Gasteiger partial charge is 0.496 e. The number of benzene rings is 1. The monoisotopic (exact) mass is 235 g/mol. The molecule has 17 heavy (non-hydrogen) atoms. The lowest BCUT2D eigenvalue weighted by Crippen LogP contribution is -2.36. The average Bonchev–Trinajstić information content (AvgIpc) is 2.27. The number of aliphatic hydroxyl groups excluding tert-OH is 1. The number of para-hydroxylation sites is 1. The van der Waals surface area contributed by atoms with Gasteiger partial charge in [0.25, 0.3) is 0 Å². The highest BCUT2D eigenvalue weighted by atomic mass is 16.5. The Balaban J connectivity index is 1.86. The van der Waals surface area contributed by atoms with E-state index in [9.17, 15) is 5.11 Å². The van der Waals surface area contributed by atoms with Crippen molar-refractivity contribution in [1.82, 2.24) is 4.90 Å². The molecule has 0 aromatic heterocycles. The summed E-state index contributed by atoms with van der Waals surface area (Å²) in [5.41, 5.74) is 1.22. The Labute approximate surface area is 103 Å². The molecular formula is C14H21NO2. The highest BCUT2D eigenvalue weighted by molar-refractivity contribution is 5.32. The summed E-state index contributed by atoms with van der Waals surface area (Å²) >= 11 is 0. The van der Waals surface area contributed by atoms with Gasteiger partial charge in [0.2, 0.25) is 0 Å². The van der Waals surface area contributed by atoms with E-state index < -0.39 is 0 Å². The Morgan fingerprint density at radius 1 is 1.35 bits per heavy atom. The second kappa shape index (κ2) is 5.52. The van der Waals surface area contributed by atoms with E-state index in [1.165, 1.54) is 5.56 Å². The molecule has 0 saturated heterocycles. The summed E-state index contributed by atoms with van der Waals surface area (Å²) in [5.74, 6) is 1.61. The second-order valence-corrected chi connectivity index (χ2v) is 5.00. The number of nitrogens with zero attached hydrogens (tertiary/aromatic N) is 1. The maximum atomic E-state index is 9.26. The van der Waals surface area contributed by atoms with Gasteiger partial charge in [-0.05, 0) is 31.9 Å². The van der Waals surface area contributed by atoms with Gasteiger partial charge in [-0.1, -0.05) is 18.2 Å². The number of rotatable bonds is 5. The molecule has 0 aliphatic heterocycles. The summed E-state index contributed by atoms with van der Waals surface area (Å²) in [6, 6.07) is 8.13. The van der Waals surface area contributed by atoms with Gasteiger partial charge in [-0.15, -0.1) is 0 Å². The minimum atomic E-state index is -0.0559. The van der Waals surface area contributed by atoms with Gasteiger partial charge in [-0.3, -0.25) is 0 Å². The fraction of sp³-hybridized carbons (Fsp3) is 0.571. The molecule has 1 aliphatic carbocycles. The Bertz CT molecular complexity index is 361. The zero-order valence-corrected chi connectivity index (χ0v) is 10.6. The van der Waals surface area contributed by atoms with Gasteiger partial charge in [0, 0.05) is 18.7 Å². The minimum absolute atomic E-state index is 0.0559. The molecule has 94 valence electrons. The second-order valence-electron chi connectivity index (χ2n) is 5.00. The van der Waals surface area contributed by atoms with E-state index in [4.69, 9.17) is 4.74 Å². The molecule has 0 bridgehead atoms. The van der Waals surface area contributed by atoms with Crippen molar-refractivity contribution in [2.45, 2.75) is 25.5 Å². The molecular weight excluding hydrogens is 214 g/mol. The molecule has 0 heterocycles. The third-order valence-corrected chi connectivity index (χ3v) is 3.41. The van der Waals surface area contributed by atoms with E-state index in [1.807, 2.05) is 18.2 Å². The van der Waals surface area contributed by atoms with E-state index in [0.717, 1.165) is 31.7 Å². The van der Waals surface area contributed by atoms with Crippen molar-refractivity contribution in [3.05, 3.63) is 29.8 Å². The molecule has 0 spiro atoms. The Kier molecular flexibility index (Phi) is 4.02. The molecule has 3 heteroatoms. The molecule has 0 amide bonds. The molecule has 1 saturated carbocycles. The molecule has 1 aromatic rings. The lowest BCUT2D eigenvalue weighted by atomic mass is 9.82. The van der Waals surface area contributed by atoms with E-state index in [1.54, 1.807) is 7.11 Å². The van der Waals surface area contributed by atoms with Crippen LogP contribution in [-0.4, -0.2) is 36.8 Å². The first-order chi connectivity index (χ1) is 8.19. The van der Waals surface area contributed by atoms with E-state index >= 15 is 0 Å². The molecule has 1 aliphatic rings. The van der Waals surface area contributed by atoms with Gasteiger partial charge in [0.05, 0.1) is 13.2 Å². The molecule has 1 N–H and O–H groups in total. The third kappa shape index (κ3) is 3.20. The van der Waals surface area contributed by atoms with Crippen LogP contribution in [0.4, 0.5) is 0 Å². The van der Waals surface area contributed by atoms with Crippen LogP contribution in [0.25, 0.3) is 0 Å². The lowest BCUT2D eigenvalue weighted by molar-refractivity contribution is 0.0273. The normalized spacial score (nSPS) is 23.5. The number of methoxy groups -OCH3 is 1. The van der Waals surface area contributed by atoms with Crippen molar-refractivity contribution >= 4 is 0 Å². The van der Waals surface area contributed by atoms with Crippen LogP contribution in [0.1, 0.15) is 18.4 Å². The van der Waals surface area contributed by atoms with Crippen LogP contribution in [-0.2, 0) is 6.54 Å². The Morgan fingerprint density at radius 3 is 2.71 bits per heavy atom. The highest BCUT2D eigenvalue weighted by Gasteiger charge is 2.27. The van der Waals surface area contributed by atoms with Crippen molar-refractivity contribution in [2.24, 2.45) is 5.92 Å². The fourth-order valence-corrected chi connectivity index (χ4v) is 2.48. The summed E-state index contributed by atoms with van der Waals surface area (Å²) in [6.45, 7) is 1.95. The predicted octanol–water partition coefficient (Wildman–Crippen LogP) is 1.90. The standard InChI is InChI=1S/C14H21NO2/c1-15(9-11-7-13(16)8-11)10-12-5-3-4-6-14(12)17-2/h3-6,11,13,16H,7-10H2,1-2H3. The number of hydrogen-bond donors (Lipinski definition) is 1. The van der Waals surface area contributed by atoms with E-state index in [-0.39, 0.29) is 6.10 Å². The van der Waals surface area contributed by atoms with Crippen molar-refractivity contribution in [3.8, 4) is 5.75 Å². The summed E-state index contributed by atoms with van der Waals surface area (Å²) in [6.07, 6.45) is 1.85. The molecule has 0 radical (unpaired) electrons. The summed E-state index contributed by atoms with van der Waals surface area (Å²) in [7, 11) is 3.83. The van der Waals surface area contributed by atoms with Crippen LogP contribution < -0.4 is 4.74 Å². The van der Waals surface area contributed by atoms with Gasteiger partial charge in [0.1, 0.15) is 5.75 Å². The molecule has 2 rings (SSSR count). The van der Waals surface area contributed by atoms with Crippen molar-refractivity contribution < 1.29 is 9.84 Å². The van der Waals surface area contributed by atoms with Gasteiger partial charge in [-0.25, -0.2) is 0 Å². The average molecular weight is 235 g/mol. The van der Waals surface area contributed by atoms with E-state index in [2.05, 4.69) is 18.0 Å². The number of hydrogen-bond acceptors (Lipinski definition) is 3. The quantitative estimate of drug-likeness (QED) is 0.846. The van der Waals surface area contributed by atoms with E-state index in [0.29, 0.717) is 5.92 Å². The van der Waals surface area contributed by atoms with Gasteiger partial charge in [0.15, 0.2) is 0 Å². The van der Waals surface area contributed by atoms with Crippen molar-refractivity contribution in [3.63, 3.8) is 0 Å². The van der Waals surface area contributed by atoms with Crippen molar-refractivity contribution in [2.75, 3.05) is 20.7 Å². The number of aliphatic hydroxyl groups is 1. The first-order valence-corrected chi connectivity index (χ1v) is 6.17. The Morgan fingerprint density at radius 2 is 2.06 bits per heavy atom.